The molecule has 0 spiro atoms. The molecule has 1 saturated carbocycles. The molecule has 1 fully saturated rings. The highest BCUT2D eigenvalue weighted by atomic mass is 32.2. The van der Waals surface area contributed by atoms with Gasteiger partial charge in [-0.1, -0.05) is 114 Å². The van der Waals surface area contributed by atoms with Gasteiger partial charge in [-0.25, -0.2) is 0 Å². The number of hydrogen-bond acceptors (Lipinski definition) is 4. The van der Waals surface area contributed by atoms with Crippen molar-refractivity contribution in [3.05, 3.63) is 72.3 Å². The maximum Gasteiger partial charge on any atom is 0.293 e. The largest absolute Gasteiger partial charge is 0.387 e. The quantitative estimate of drug-likeness (QED) is 0.274. The lowest BCUT2D eigenvalue weighted by atomic mass is 10.0. The van der Waals surface area contributed by atoms with E-state index in [1.165, 1.54) is 42.0 Å². The molecular weight excluding hydrogens is 408 g/mol. The van der Waals surface area contributed by atoms with E-state index in [1.807, 2.05) is 70.2 Å². The summed E-state index contributed by atoms with van der Waals surface area (Å²) in [5.74, 6) is 1.62. The number of aryl methyl sites for hydroxylation is 1. The van der Waals surface area contributed by atoms with Crippen LogP contribution in [0.5, 0.6) is 11.5 Å². The van der Waals surface area contributed by atoms with Gasteiger partial charge in [0.15, 0.2) is 11.5 Å². The van der Waals surface area contributed by atoms with Gasteiger partial charge >= 0.3 is 0 Å². The molecule has 3 aromatic rings. The molecule has 0 unspecified atom stereocenters. The zero-order valence-electron chi connectivity index (χ0n) is 19.4. The lowest BCUT2D eigenvalue weighted by molar-refractivity contribution is 0.504. The molecule has 5 rings (SSSR count). The summed E-state index contributed by atoms with van der Waals surface area (Å²) in [6.45, 7) is 10.1. The summed E-state index contributed by atoms with van der Waals surface area (Å²) in [5, 5.41) is 2.35. The fourth-order valence-corrected chi connectivity index (χ4v) is 2.64. The van der Waals surface area contributed by atoms with Crippen molar-refractivity contribution >= 4 is 35.7 Å². The van der Waals surface area contributed by atoms with Crippen LogP contribution in [0.2, 0.25) is 0 Å². The van der Waals surface area contributed by atoms with Crippen LogP contribution >= 0.6 is 25.0 Å². The van der Waals surface area contributed by atoms with Gasteiger partial charge in [-0.3, -0.25) is 0 Å². The van der Waals surface area contributed by atoms with Crippen molar-refractivity contribution in [1.82, 2.24) is 0 Å². The third-order valence-electron chi connectivity index (χ3n) is 4.00. The van der Waals surface area contributed by atoms with Gasteiger partial charge in [-0.15, -0.1) is 0 Å². The molecule has 4 heteroatoms. The van der Waals surface area contributed by atoms with Crippen LogP contribution in [0.4, 0.5) is 0 Å². The normalized spacial score (nSPS) is 11.7. The highest BCUT2D eigenvalue weighted by molar-refractivity contribution is 7.90. The predicted octanol–water partition coefficient (Wildman–Crippen LogP) is 9.33. The summed E-state index contributed by atoms with van der Waals surface area (Å²) < 4.78 is 10.4. The molecule has 1 aliphatic heterocycles. The summed E-state index contributed by atoms with van der Waals surface area (Å²) >= 11 is 4.54. The molecule has 0 saturated heterocycles. The Morgan fingerprint density at radius 2 is 1.00 bits per heavy atom. The van der Waals surface area contributed by atoms with E-state index in [-0.39, 0.29) is 0 Å². The number of thiol groups is 1. The first-order valence-electron chi connectivity index (χ1n) is 10.8. The van der Waals surface area contributed by atoms with Gasteiger partial charge in [0.1, 0.15) is 0 Å². The molecule has 1 aliphatic carbocycles. The first-order valence-corrected chi connectivity index (χ1v) is 12.4. The number of hydrogen-bond donors (Lipinski definition) is 1. The Balaban J connectivity index is 0.000000420. The Kier molecular flexibility index (Phi) is 18.1. The van der Waals surface area contributed by atoms with Gasteiger partial charge in [0.2, 0.25) is 0 Å². The van der Waals surface area contributed by atoms with Crippen molar-refractivity contribution < 1.29 is 8.37 Å². The zero-order chi connectivity index (χ0) is 22.6. The van der Waals surface area contributed by atoms with Gasteiger partial charge in [0.25, 0.3) is 12.3 Å². The van der Waals surface area contributed by atoms with Crippen LogP contribution in [0.1, 0.15) is 58.9 Å². The van der Waals surface area contributed by atoms with E-state index in [2.05, 4.69) is 43.8 Å². The highest BCUT2D eigenvalue weighted by Gasteiger charge is 2.15. The van der Waals surface area contributed by atoms with Gasteiger partial charge in [0, 0.05) is 0 Å². The Hall–Kier alpha value is -1.78. The molecule has 1 heterocycles. The minimum Gasteiger partial charge on any atom is -0.387 e. The fourth-order valence-electron chi connectivity index (χ4n) is 2.20. The van der Waals surface area contributed by atoms with E-state index in [1.54, 1.807) is 6.26 Å². The third kappa shape index (κ3) is 10.8. The van der Waals surface area contributed by atoms with Crippen molar-refractivity contribution in [2.45, 2.75) is 60.3 Å². The van der Waals surface area contributed by atoms with Crippen LogP contribution in [0, 0.1) is 6.92 Å². The minimum absolute atomic E-state index is 0.809. The summed E-state index contributed by atoms with van der Waals surface area (Å²) in [5.41, 5.74) is 1.32. The maximum atomic E-state index is 5.20. The standard InChI is InChI=1S/C10H6O2S.C7H8.C4H8.2C2H6.CH4S/c1-2-4-8-6-10-9(11-13-12-10)5-7(8)3-1;1-7-5-3-2-4-6-7;1-2-4-3-1;3*1-2/h1-6H;2-6H,1H3;1-4H2;2*1-2H3;2H,1H3. The molecule has 30 heavy (non-hydrogen) atoms. The summed E-state index contributed by atoms with van der Waals surface area (Å²) in [6.07, 6.45) is 7.69. The first-order chi connectivity index (χ1) is 14.8. The van der Waals surface area contributed by atoms with E-state index < -0.39 is 0 Å². The summed E-state index contributed by atoms with van der Waals surface area (Å²) in [7, 11) is 0. The topological polar surface area (TPSA) is 18.5 Å². The van der Waals surface area contributed by atoms with Crippen molar-refractivity contribution in [1.29, 1.82) is 0 Å². The zero-order valence-corrected chi connectivity index (χ0v) is 21.1. The summed E-state index contributed by atoms with van der Waals surface area (Å²) in [6, 6.07) is 22.4. The molecule has 2 aliphatic rings. The fraction of sp³-hybridized carbons (Fsp3) is 0.385. The van der Waals surface area contributed by atoms with Crippen molar-refractivity contribution in [3.63, 3.8) is 0 Å². The Morgan fingerprint density at radius 3 is 1.30 bits per heavy atom. The van der Waals surface area contributed by atoms with Crippen LogP contribution in [0.15, 0.2) is 66.7 Å². The van der Waals surface area contributed by atoms with E-state index in [4.69, 9.17) is 8.37 Å². The maximum absolute atomic E-state index is 5.20. The molecule has 166 valence electrons. The second-order valence-corrected chi connectivity index (χ2v) is 6.42. The molecule has 0 atom stereocenters. The van der Waals surface area contributed by atoms with E-state index >= 15 is 0 Å². The van der Waals surface area contributed by atoms with E-state index in [9.17, 15) is 0 Å². The minimum atomic E-state index is 0.809. The number of rotatable bonds is 0. The molecule has 0 bridgehead atoms. The van der Waals surface area contributed by atoms with Gasteiger partial charge in [-0.05, 0) is 36.1 Å². The van der Waals surface area contributed by atoms with E-state index in [0.717, 1.165) is 23.8 Å². The van der Waals surface area contributed by atoms with Crippen LogP contribution in [0.25, 0.3) is 10.8 Å². The smallest absolute Gasteiger partial charge is 0.293 e. The SMILES string of the molecule is C1CCC1.CC.CC.CS.Cc1ccccc1.c1ccc2cc3c(cc2c1)OSO3. The molecule has 0 aromatic heterocycles. The highest BCUT2D eigenvalue weighted by Crippen LogP contribution is 2.41. The average Bonchev–Trinajstić information content (AvgIpc) is 3.23. The van der Waals surface area contributed by atoms with Crippen LogP contribution in [0.3, 0.4) is 0 Å². The third-order valence-corrected chi connectivity index (χ3v) is 4.50. The predicted molar refractivity (Wildman–Crippen MR) is 140 cm³/mol. The molecule has 2 nitrogen and oxygen atoms in total. The van der Waals surface area contributed by atoms with Gasteiger partial charge in [-0.2, -0.15) is 12.6 Å². The summed E-state index contributed by atoms with van der Waals surface area (Å²) in [4.78, 5) is 0. The van der Waals surface area contributed by atoms with Crippen molar-refractivity contribution in [2.24, 2.45) is 0 Å². The lowest BCUT2D eigenvalue weighted by Crippen LogP contribution is -1.85. The number of fused-ring (bicyclic) bond motifs is 2. The van der Waals surface area contributed by atoms with Crippen molar-refractivity contribution in [3.8, 4) is 11.5 Å². The monoisotopic (exact) mass is 446 g/mol. The van der Waals surface area contributed by atoms with Crippen LogP contribution < -0.4 is 8.37 Å². The van der Waals surface area contributed by atoms with Gasteiger partial charge in [0.05, 0.1) is 0 Å². The van der Waals surface area contributed by atoms with Crippen LogP contribution in [-0.2, 0) is 0 Å². The first kappa shape index (κ1) is 28.2. The molecule has 3 aromatic carbocycles. The Morgan fingerprint density at radius 1 is 0.633 bits per heavy atom. The van der Waals surface area contributed by atoms with Crippen molar-refractivity contribution in [2.75, 3.05) is 6.26 Å². The number of benzene rings is 3. The molecule has 0 amide bonds. The molecular formula is C26H38O2S2. The Labute approximate surface area is 194 Å². The molecule has 0 radical (unpaired) electrons. The lowest BCUT2D eigenvalue weighted by Gasteiger charge is -2.05. The van der Waals surface area contributed by atoms with E-state index in [0.29, 0.717) is 0 Å². The second kappa shape index (κ2) is 19.2. The average molecular weight is 447 g/mol. The Bertz CT molecular complexity index is 726. The second-order valence-electron chi connectivity index (χ2n) is 5.95. The molecule has 0 N–H and O–H groups in total. The van der Waals surface area contributed by atoms with Crippen LogP contribution in [-0.4, -0.2) is 6.26 Å². The van der Waals surface area contributed by atoms with Gasteiger partial charge < -0.3 is 8.37 Å².